The molecule has 1 heterocycles. The van der Waals surface area contributed by atoms with E-state index in [1.807, 2.05) is 36.4 Å². The normalized spacial score (nSPS) is 11.3. The first-order valence-electron chi connectivity index (χ1n) is 7.72. The zero-order valence-corrected chi connectivity index (χ0v) is 14.6. The van der Waals surface area contributed by atoms with Gasteiger partial charge in [-0.1, -0.05) is 26.0 Å². The van der Waals surface area contributed by atoms with Crippen LogP contribution in [-0.4, -0.2) is 20.7 Å². The molecule has 0 bridgehead atoms. The molecule has 2 aromatic carbocycles. The number of aromatic nitrogens is 2. The fraction of sp³-hybridized carbons (Fsp3) is 0.263. The van der Waals surface area contributed by atoms with Crippen molar-refractivity contribution in [2.45, 2.75) is 37.8 Å². The summed E-state index contributed by atoms with van der Waals surface area (Å²) in [6, 6.07) is 11.8. The Kier molecular flexibility index (Phi) is 4.26. The van der Waals surface area contributed by atoms with Gasteiger partial charge in [0.1, 0.15) is 6.33 Å². The van der Waals surface area contributed by atoms with Crippen LogP contribution in [0.1, 0.15) is 35.3 Å². The Morgan fingerprint density at radius 3 is 2.57 bits per heavy atom. The molecule has 3 aromatic rings. The summed E-state index contributed by atoms with van der Waals surface area (Å²) in [5.74, 6) is -0.0282. The number of carbonyl (C=O) groups excluding carboxylic acids is 1. The van der Waals surface area contributed by atoms with Crippen molar-refractivity contribution in [1.82, 2.24) is 9.55 Å². The molecule has 0 atom stereocenters. The van der Waals surface area contributed by atoms with Gasteiger partial charge in [-0.3, -0.25) is 9.36 Å². The van der Waals surface area contributed by atoms with Crippen molar-refractivity contribution in [3.8, 4) is 0 Å². The monoisotopic (exact) mass is 324 g/mol. The molecule has 0 unspecified atom stereocenters. The third-order valence-corrected chi connectivity index (χ3v) is 4.94. The van der Waals surface area contributed by atoms with E-state index < -0.39 is 0 Å². The van der Waals surface area contributed by atoms with Crippen LogP contribution in [0.15, 0.2) is 47.6 Å². The van der Waals surface area contributed by atoms with Gasteiger partial charge in [-0.05, 0) is 49.2 Å². The van der Waals surface area contributed by atoms with Gasteiger partial charge in [0.05, 0.1) is 16.6 Å². The number of carbonyl (C=O) groups is 1. The van der Waals surface area contributed by atoms with E-state index in [0.29, 0.717) is 5.25 Å². The molecule has 0 fully saturated rings. The minimum Gasteiger partial charge on any atom is -0.268 e. The number of hydrogen-bond acceptors (Lipinski definition) is 3. The second-order valence-electron chi connectivity index (χ2n) is 6.01. The van der Waals surface area contributed by atoms with Crippen LogP contribution < -0.4 is 0 Å². The number of thioether (sulfide) groups is 1. The first kappa shape index (κ1) is 15.8. The number of rotatable bonds is 3. The first-order chi connectivity index (χ1) is 11.0. The van der Waals surface area contributed by atoms with E-state index >= 15 is 0 Å². The van der Waals surface area contributed by atoms with Gasteiger partial charge in [0.25, 0.3) is 5.91 Å². The van der Waals surface area contributed by atoms with E-state index in [0.717, 1.165) is 27.1 Å². The molecule has 1 aromatic heterocycles. The number of fused-ring (bicyclic) bond motifs is 1. The zero-order chi connectivity index (χ0) is 16.6. The van der Waals surface area contributed by atoms with Crippen molar-refractivity contribution in [3.05, 3.63) is 59.4 Å². The van der Waals surface area contributed by atoms with E-state index in [9.17, 15) is 4.79 Å². The van der Waals surface area contributed by atoms with Gasteiger partial charge in [-0.15, -0.1) is 11.8 Å². The molecule has 118 valence electrons. The van der Waals surface area contributed by atoms with Gasteiger partial charge in [0, 0.05) is 10.1 Å². The first-order valence-corrected chi connectivity index (χ1v) is 8.60. The van der Waals surface area contributed by atoms with Crippen molar-refractivity contribution in [2.75, 3.05) is 0 Å². The molecular weight excluding hydrogens is 304 g/mol. The number of imidazole rings is 1. The van der Waals surface area contributed by atoms with E-state index in [1.54, 1.807) is 22.7 Å². The van der Waals surface area contributed by atoms with Crippen LogP contribution in [0, 0.1) is 13.8 Å². The molecule has 0 aliphatic heterocycles. The van der Waals surface area contributed by atoms with Gasteiger partial charge >= 0.3 is 0 Å². The molecule has 0 amide bonds. The Morgan fingerprint density at radius 2 is 1.83 bits per heavy atom. The van der Waals surface area contributed by atoms with E-state index in [4.69, 9.17) is 0 Å². The van der Waals surface area contributed by atoms with E-state index in [1.165, 1.54) is 5.56 Å². The van der Waals surface area contributed by atoms with Crippen LogP contribution >= 0.6 is 11.8 Å². The topological polar surface area (TPSA) is 34.9 Å². The van der Waals surface area contributed by atoms with Crippen molar-refractivity contribution >= 4 is 28.7 Å². The van der Waals surface area contributed by atoms with Crippen LogP contribution in [-0.2, 0) is 0 Å². The molecule has 0 saturated carbocycles. The van der Waals surface area contributed by atoms with Crippen LogP contribution in [0.4, 0.5) is 0 Å². The molecule has 0 saturated heterocycles. The highest BCUT2D eigenvalue weighted by Gasteiger charge is 2.17. The fourth-order valence-electron chi connectivity index (χ4n) is 2.56. The molecule has 0 N–H and O–H groups in total. The molecule has 0 spiro atoms. The fourth-order valence-corrected chi connectivity index (χ4v) is 3.50. The quantitative estimate of drug-likeness (QED) is 0.646. The average Bonchev–Trinajstić information content (AvgIpc) is 2.90. The van der Waals surface area contributed by atoms with Gasteiger partial charge in [-0.2, -0.15) is 0 Å². The summed E-state index contributed by atoms with van der Waals surface area (Å²) in [6.07, 6.45) is 1.63. The lowest BCUT2D eigenvalue weighted by Crippen LogP contribution is -2.12. The molecule has 4 heteroatoms. The molecule has 23 heavy (non-hydrogen) atoms. The predicted octanol–water partition coefficient (Wildman–Crippen LogP) is 4.84. The highest BCUT2D eigenvalue weighted by molar-refractivity contribution is 8.00. The number of benzene rings is 2. The second kappa shape index (κ2) is 6.20. The molecule has 0 aliphatic carbocycles. The molecule has 0 radical (unpaired) electrons. The van der Waals surface area contributed by atoms with Gasteiger partial charge < -0.3 is 0 Å². The Bertz CT molecular complexity index is 880. The van der Waals surface area contributed by atoms with Crippen LogP contribution in [0.25, 0.3) is 11.0 Å². The van der Waals surface area contributed by atoms with Crippen LogP contribution in [0.5, 0.6) is 0 Å². The third kappa shape index (κ3) is 3.04. The van der Waals surface area contributed by atoms with Crippen molar-refractivity contribution in [2.24, 2.45) is 0 Å². The van der Waals surface area contributed by atoms with Crippen molar-refractivity contribution in [3.63, 3.8) is 0 Å². The zero-order valence-electron chi connectivity index (χ0n) is 13.8. The lowest BCUT2D eigenvalue weighted by atomic mass is 10.1. The molecule has 0 aliphatic rings. The third-order valence-electron chi connectivity index (χ3n) is 3.86. The van der Waals surface area contributed by atoms with Gasteiger partial charge in [-0.25, -0.2) is 4.98 Å². The Labute approximate surface area is 140 Å². The van der Waals surface area contributed by atoms with Crippen LogP contribution in [0.2, 0.25) is 0 Å². The number of nitrogens with zero attached hydrogens (tertiary/aromatic N) is 2. The maximum atomic E-state index is 13.0. The average molecular weight is 324 g/mol. The Balaban J connectivity index is 2.10. The maximum absolute atomic E-state index is 13.0. The number of hydrogen-bond donors (Lipinski definition) is 0. The highest BCUT2D eigenvalue weighted by Crippen LogP contribution is 2.28. The summed E-state index contributed by atoms with van der Waals surface area (Å²) in [5.41, 5.74) is 4.80. The lowest BCUT2D eigenvalue weighted by molar-refractivity contribution is 0.0961. The largest absolute Gasteiger partial charge is 0.268 e. The second-order valence-corrected chi connectivity index (χ2v) is 7.63. The molecular formula is C19H20N2OS. The molecule has 3 nitrogen and oxygen atoms in total. The minimum atomic E-state index is -0.0282. The predicted molar refractivity (Wildman–Crippen MR) is 96.4 cm³/mol. The standard InChI is InChI=1S/C19H20N2OS/c1-12(2)23-18-8-6-5-7-15(18)19(22)21-11-20-16-9-13(3)14(4)10-17(16)21/h5-12H,1-4H3. The summed E-state index contributed by atoms with van der Waals surface area (Å²) in [6.45, 7) is 8.37. The van der Waals surface area contributed by atoms with Gasteiger partial charge in [0.2, 0.25) is 0 Å². The summed E-state index contributed by atoms with van der Waals surface area (Å²) in [7, 11) is 0. The maximum Gasteiger partial charge on any atom is 0.264 e. The summed E-state index contributed by atoms with van der Waals surface area (Å²) in [4.78, 5) is 18.4. The smallest absolute Gasteiger partial charge is 0.264 e. The Hall–Kier alpha value is -2.07. The van der Waals surface area contributed by atoms with E-state index in [2.05, 4.69) is 32.7 Å². The number of aryl methyl sites for hydroxylation is 2. The Morgan fingerprint density at radius 1 is 1.13 bits per heavy atom. The highest BCUT2D eigenvalue weighted by atomic mass is 32.2. The molecule has 3 rings (SSSR count). The minimum absolute atomic E-state index is 0.0282. The summed E-state index contributed by atoms with van der Waals surface area (Å²) >= 11 is 1.71. The SMILES string of the molecule is Cc1cc2ncn(C(=O)c3ccccc3SC(C)C)c2cc1C. The van der Waals surface area contributed by atoms with Crippen molar-refractivity contribution < 1.29 is 4.79 Å². The van der Waals surface area contributed by atoms with E-state index in [-0.39, 0.29) is 5.91 Å². The van der Waals surface area contributed by atoms with Gasteiger partial charge in [0.15, 0.2) is 0 Å². The lowest BCUT2D eigenvalue weighted by Gasteiger charge is -2.11. The van der Waals surface area contributed by atoms with Crippen LogP contribution in [0.3, 0.4) is 0 Å². The van der Waals surface area contributed by atoms with Crippen molar-refractivity contribution in [1.29, 1.82) is 0 Å². The summed E-state index contributed by atoms with van der Waals surface area (Å²) < 4.78 is 1.65. The summed E-state index contributed by atoms with van der Waals surface area (Å²) in [5, 5.41) is 0.424.